The van der Waals surface area contributed by atoms with Crippen molar-refractivity contribution in [1.82, 2.24) is 5.32 Å². The van der Waals surface area contributed by atoms with Gasteiger partial charge >= 0.3 is 0 Å². The summed E-state index contributed by atoms with van der Waals surface area (Å²) in [4.78, 5) is 0. The van der Waals surface area contributed by atoms with Crippen molar-refractivity contribution < 1.29 is 0 Å². The van der Waals surface area contributed by atoms with E-state index < -0.39 is 0 Å². The van der Waals surface area contributed by atoms with Crippen molar-refractivity contribution in [3.63, 3.8) is 0 Å². The highest BCUT2D eigenvalue weighted by atomic mass is 32.2. The van der Waals surface area contributed by atoms with E-state index in [4.69, 9.17) is 0 Å². The van der Waals surface area contributed by atoms with Gasteiger partial charge in [0.25, 0.3) is 0 Å². The summed E-state index contributed by atoms with van der Waals surface area (Å²) in [6.07, 6.45) is 6.32. The second-order valence-electron chi connectivity index (χ2n) is 6.67. The van der Waals surface area contributed by atoms with E-state index in [0.29, 0.717) is 10.8 Å². The third kappa shape index (κ3) is 2.44. The molecule has 98 valence electrons. The molecule has 0 spiro atoms. The summed E-state index contributed by atoms with van der Waals surface area (Å²) in [7, 11) is 0. The van der Waals surface area contributed by atoms with Gasteiger partial charge in [0.05, 0.1) is 0 Å². The molecule has 0 aromatic carbocycles. The highest BCUT2D eigenvalue weighted by Gasteiger charge is 2.58. The van der Waals surface area contributed by atoms with Gasteiger partial charge in [0.2, 0.25) is 0 Å². The van der Waals surface area contributed by atoms with Crippen LogP contribution in [0.5, 0.6) is 0 Å². The predicted molar refractivity (Wildman–Crippen MR) is 78.5 cm³/mol. The average Bonchev–Trinajstić information content (AvgIpc) is 2.73. The second kappa shape index (κ2) is 4.97. The maximum atomic E-state index is 3.85. The summed E-state index contributed by atoms with van der Waals surface area (Å²) in [5, 5.41) is 3.85. The molecule has 3 unspecified atom stereocenters. The Labute approximate surface area is 111 Å². The zero-order valence-electron chi connectivity index (χ0n) is 11.6. The molecule has 2 saturated carbocycles. The Bertz CT molecular complexity index is 282. The fourth-order valence-electron chi connectivity index (χ4n) is 4.25. The van der Waals surface area contributed by atoms with Crippen LogP contribution in [0.15, 0.2) is 12.7 Å². The quantitative estimate of drug-likeness (QED) is 0.572. The summed E-state index contributed by atoms with van der Waals surface area (Å²) in [5.74, 6) is 3.24. The van der Waals surface area contributed by atoms with Crippen molar-refractivity contribution in [1.29, 1.82) is 0 Å². The number of rotatable bonds is 6. The lowest BCUT2D eigenvalue weighted by Crippen LogP contribution is -2.50. The zero-order chi connectivity index (χ0) is 12.5. The molecule has 2 rings (SSSR count). The standard InChI is InChI=1S/C15H27NS/c1-5-9-17-10-8-16-13-14(2,3)12-6-7-15(13,4)11-12/h5,12-13,16H,1,6-11H2,2-4H3. The van der Waals surface area contributed by atoms with Crippen LogP contribution in [-0.2, 0) is 0 Å². The number of hydrogen-bond acceptors (Lipinski definition) is 2. The average molecular weight is 253 g/mol. The molecule has 0 heterocycles. The van der Waals surface area contributed by atoms with Gasteiger partial charge in [0.15, 0.2) is 0 Å². The molecular weight excluding hydrogens is 226 g/mol. The van der Waals surface area contributed by atoms with Gasteiger partial charge < -0.3 is 5.32 Å². The Balaban J connectivity index is 1.85. The predicted octanol–water partition coefficient (Wildman–Crippen LogP) is 3.71. The number of hydrogen-bond donors (Lipinski definition) is 1. The molecule has 17 heavy (non-hydrogen) atoms. The topological polar surface area (TPSA) is 12.0 Å². The van der Waals surface area contributed by atoms with Gasteiger partial charge in [-0.05, 0) is 36.0 Å². The molecule has 0 aromatic heterocycles. The van der Waals surface area contributed by atoms with E-state index in [-0.39, 0.29) is 0 Å². The highest BCUT2D eigenvalue weighted by molar-refractivity contribution is 7.99. The van der Waals surface area contributed by atoms with E-state index in [0.717, 1.165) is 24.3 Å². The van der Waals surface area contributed by atoms with Crippen LogP contribution in [0.3, 0.4) is 0 Å². The monoisotopic (exact) mass is 253 g/mol. The number of fused-ring (bicyclic) bond motifs is 2. The molecule has 3 atom stereocenters. The molecule has 2 bridgehead atoms. The molecule has 0 amide bonds. The summed E-state index contributed by atoms with van der Waals surface area (Å²) >= 11 is 1.98. The first-order valence-electron chi connectivity index (χ1n) is 6.93. The van der Waals surface area contributed by atoms with Gasteiger partial charge in [-0.25, -0.2) is 0 Å². The Morgan fingerprint density at radius 2 is 2.18 bits per heavy atom. The van der Waals surface area contributed by atoms with Gasteiger partial charge in [-0.3, -0.25) is 0 Å². The van der Waals surface area contributed by atoms with Crippen LogP contribution in [0.25, 0.3) is 0 Å². The van der Waals surface area contributed by atoms with Crippen molar-refractivity contribution in [2.45, 2.75) is 46.1 Å². The maximum Gasteiger partial charge on any atom is 0.0175 e. The second-order valence-corrected chi connectivity index (χ2v) is 7.82. The van der Waals surface area contributed by atoms with Gasteiger partial charge in [-0.1, -0.05) is 26.8 Å². The first-order valence-corrected chi connectivity index (χ1v) is 8.08. The van der Waals surface area contributed by atoms with Gasteiger partial charge in [0, 0.05) is 24.1 Å². The van der Waals surface area contributed by atoms with Gasteiger partial charge in [-0.2, -0.15) is 11.8 Å². The van der Waals surface area contributed by atoms with Crippen LogP contribution in [-0.4, -0.2) is 24.1 Å². The lowest BCUT2D eigenvalue weighted by molar-refractivity contribution is 0.111. The molecule has 0 aliphatic heterocycles. The van der Waals surface area contributed by atoms with Crippen molar-refractivity contribution in [2.75, 3.05) is 18.1 Å². The lowest BCUT2D eigenvalue weighted by Gasteiger charge is -2.43. The summed E-state index contributed by atoms with van der Waals surface area (Å²) in [5.41, 5.74) is 1.06. The molecule has 2 aliphatic carbocycles. The minimum Gasteiger partial charge on any atom is -0.312 e. The molecule has 1 nitrogen and oxygen atoms in total. The third-order valence-corrected chi connectivity index (χ3v) is 6.06. The van der Waals surface area contributed by atoms with E-state index in [1.807, 2.05) is 17.8 Å². The third-order valence-electron chi connectivity index (χ3n) is 5.10. The Morgan fingerprint density at radius 1 is 1.41 bits per heavy atom. The summed E-state index contributed by atoms with van der Waals surface area (Å²) in [6.45, 7) is 12.3. The van der Waals surface area contributed by atoms with Crippen LogP contribution < -0.4 is 5.32 Å². The van der Waals surface area contributed by atoms with Crippen LogP contribution >= 0.6 is 11.8 Å². The van der Waals surface area contributed by atoms with Gasteiger partial charge in [-0.15, -0.1) is 6.58 Å². The van der Waals surface area contributed by atoms with Crippen LogP contribution in [0.4, 0.5) is 0 Å². The van der Waals surface area contributed by atoms with E-state index in [9.17, 15) is 0 Å². The molecule has 0 saturated heterocycles. The Morgan fingerprint density at radius 3 is 2.76 bits per heavy atom. The van der Waals surface area contributed by atoms with Gasteiger partial charge in [0.1, 0.15) is 0 Å². The number of nitrogens with one attached hydrogen (secondary N) is 1. The minimum atomic E-state index is 0.496. The molecule has 2 aliphatic rings. The SMILES string of the molecule is C=CCSCCNC1C2(C)CCC(C2)C1(C)C. The summed E-state index contributed by atoms with van der Waals surface area (Å²) < 4.78 is 0. The molecule has 0 radical (unpaired) electrons. The highest BCUT2D eigenvalue weighted by Crippen LogP contribution is 2.62. The maximum absolute atomic E-state index is 3.85. The van der Waals surface area contributed by atoms with Crippen LogP contribution in [0.2, 0.25) is 0 Å². The smallest absolute Gasteiger partial charge is 0.0175 e. The normalized spacial score (nSPS) is 38.5. The molecule has 0 aromatic rings. The van der Waals surface area contributed by atoms with Crippen molar-refractivity contribution in [3.8, 4) is 0 Å². The van der Waals surface area contributed by atoms with E-state index in [1.54, 1.807) is 0 Å². The molecule has 2 fully saturated rings. The van der Waals surface area contributed by atoms with E-state index >= 15 is 0 Å². The number of thioether (sulfide) groups is 1. The van der Waals surface area contributed by atoms with E-state index in [2.05, 4.69) is 32.7 Å². The lowest BCUT2D eigenvalue weighted by atomic mass is 9.68. The fourth-order valence-corrected chi connectivity index (χ4v) is 4.85. The Kier molecular flexibility index (Phi) is 3.94. The fraction of sp³-hybridized carbons (Fsp3) is 0.867. The largest absolute Gasteiger partial charge is 0.312 e. The zero-order valence-corrected chi connectivity index (χ0v) is 12.4. The Hall–Kier alpha value is 0.0500. The molecule has 1 N–H and O–H groups in total. The molecule has 2 heteroatoms. The first-order chi connectivity index (χ1) is 8.00. The molecular formula is C15H27NS. The van der Waals surface area contributed by atoms with Crippen molar-refractivity contribution >= 4 is 11.8 Å². The van der Waals surface area contributed by atoms with Crippen molar-refractivity contribution in [3.05, 3.63) is 12.7 Å². The first kappa shape index (κ1) is 13.5. The summed E-state index contributed by atoms with van der Waals surface area (Å²) in [6, 6.07) is 0.720. The van der Waals surface area contributed by atoms with Crippen molar-refractivity contribution in [2.24, 2.45) is 16.7 Å². The van der Waals surface area contributed by atoms with Crippen LogP contribution in [0, 0.1) is 16.7 Å². The van der Waals surface area contributed by atoms with E-state index in [1.165, 1.54) is 25.0 Å². The minimum absolute atomic E-state index is 0.496. The van der Waals surface area contributed by atoms with Crippen LogP contribution in [0.1, 0.15) is 40.0 Å².